The SMILES string of the molecule is CON(C)C(=O)CS[Si](C)(C)C(C)(C)C. The summed E-state index contributed by atoms with van der Waals surface area (Å²) in [4.78, 5) is 16.4. The molecule has 0 fully saturated rings. The van der Waals surface area contributed by atoms with E-state index in [1.165, 1.54) is 12.2 Å². The minimum atomic E-state index is -1.41. The van der Waals surface area contributed by atoms with Gasteiger partial charge in [0.1, 0.15) is 7.22 Å². The van der Waals surface area contributed by atoms with E-state index in [1.54, 1.807) is 18.3 Å². The van der Waals surface area contributed by atoms with Crippen LogP contribution >= 0.6 is 11.2 Å². The predicted molar refractivity (Wildman–Crippen MR) is 69.4 cm³/mol. The summed E-state index contributed by atoms with van der Waals surface area (Å²) in [6.45, 7) is 11.3. The Morgan fingerprint density at radius 3 is 2.20 bits per heavy atom. The average molecular weight is 249 g/mol. The van der Waals surface area contributed by atoms with Crippen molar-refractivity contribution in [3.8, 4) is 0 Å². The molecule has 0 aliphatic carbocycles. The molecule has 3 nitrogen and oxygen atoms in total. The zero-order chi connectivity index (χ0) is 12.3. The van der Waals surface area contributed by atoms with Crippen molar-refractivity contribution in [3.05, 3.63) is 0 Å². The highest BCUT2D eigenvalue weighted by molar-refractivity contribution is 8.29. The Morgan fingerprint density at radius 2 is 1.87 bits per heavy atom. The van der Waals surface area contributed by atoms with E-state index in [9.17, 15) is 4.79 Å². The Balaban J connectivity index is 4.22. The third-order valence-corrected chi connectivity index (χ3v) is 12.1. The van der Waals surface area contributed by atoms with Gasteiger partial charge in [0.25, 0.3) is 5.91 Å². The van der Waals surface area contributed by atoms with Gasteiger partial charge >= 0.3 is 0 Å². The van der Waals surface area contributed by atoms with Crippen molar-refractivity contribution in [2.75, 3.05) is 19.9 Å². The molecule has 0 N–H and O–H groups in total. The standard InChI is InChI=1S/C10H23NO2SSi/c1-10(2,3)15(6,7)14-8-9(12)11(4)13-5/h8H2,1-7H3. The topological polar surface area (TPSA) is 29.5 Å². The lowest BCUT2D eigenvalue weighted by molar-refractivity contribution is -0.165. The summed E-state index contributed by atoms with van der Waals surface area (Å²) < 4.78 is 0. The normalized spacial score (nSPS) is 12.7. The van der Waals surface area contributed by atoms with E-state index in [1.807, 2.05) is 0 Å². The smallest absolute Gasteiger partial charge is 0.255 e. The highest BCUT2D eigenvalue weighted by Gasteiger charge is 2.36. The summed E-state index contributed by atoms with van der Waals surface area (Å²) in [7, 11) is 1.74. The number of hydrogen-bond donors (Lipinski definition) is 0. The van der Waals surface area contributed by atoms with Crippen LogP contribution in [-0.2, 0) is 9.63 Å². The van der Waals surface area contributed by atoms with Crippen LogP contribution in [-0.4, -0.2) is 38.1 Å². The summed E-state index contributed by atoms with van der Waals surface area (Å²) in [5.41, 5.74) is 0. The predicted octanol–water partition coefficient (Wildman–Crippen LogP) is 2.74. The zero-order valence-corrected chi connectivity index (χ0v) is 12.7. The Labute approximate surface area is 98.2 Å². The van der Waals surface area contributed by atoms with E-state index < -0.39 is 7.22 Å². The monoisotopic (exact) mass is 249 g/mol. The van der Waals surface area contributed by atoms with Crippen LogP contribution in [0, 0.1) is 0 Å². The zero-order valence-electron chi connectivity index (χ0n) is 10.9. The van der Waals surface area contributed by atoms with E-state index in [4.69, 9.17) is 4.84 Å². The maximum Gasteiger partial charge on any atom is 0.255 e. The molecule has 1 amide bonds. The van der Waals surface area contributed by atoms with Gasteiger partial charge in [0.2, 0.25) is 0 Å². The van der Waals surface area contributed by atoms with Gasteiger partial charge in [-0.25, -0.2) is 5.06 Å². The highest BCUT2D eigenvalue weighted by atomic mass is 32.4. The minimum Gasteiger partial charge on any atom is -0.275 e. The number of amides is 1. The lowest BCUT2D eigenvalue weighted by Gasteiger charge is -2.36. The largest absolute Gasteiger partial charge is 0.275 e. The second-order valence-corrected chi connectivity index (χ2v) is 14.1. The molecule has 0 aromatic carbocycles. The molecule has 15 heavy (non-hydrogen) atoms. The molecule has 0 aromatic rings. The van der Waals surface area contributed by atoms with Crippen molar-refractivity contribution < 1.29 is 9.63 Å². The van der Waals surface area contributed by atoms with E-state index in [0.29, 0.717) is 10.8 Å². The fraction of sp³-hybridized carbons (Fsp3) is 0.900. The molecular formula is C10H23NO2SSi. The first-order valence-corrected chi connectivity index (χ1v) is 9.77. The van der Waals surface area contributed by atoms with Crippen molar-refractivity contribution in [3.63, 3.8) is 0 Å². The lowest BCUT2D eigenvalue weighted by Crippen LogP contribution is -2.36. The van der Waals surface area contributed by atoms with E-state index in [0.717, 1.165) is 0 Å². The molecule has 0 spiro atoms. The van der Waals surface area contributed by atoms with Crippen LogP contribution in [0.2, 0.25) is 18.1 Å². The molecule has 0 saturated carbocycles. The molecule has 90 valence electrons. The van der Waals surface area contributed by atoms with Crippen molar-refractivity contribution in [2.24, 2.45) is 0 Å². The first kappa shape index (κ1) is 15.0. The minimum absolute atomic E-state index is 0.0346. The Kier molecular flexibility index (Phi) is 5.36. The Morgan fingerprint density at radius 1 is 1.40 bits per heavy atom. The third kappa shape index (κ3) is 4.57. The van der Waals surface area contributed by atoms with Crippen LogP contribution in [0.1, 0.15) is 20.8 Å². The molecule has 0 radical (unpaired) electrons. The van der Waals surface area contributed by atoms with Gasteiger partial charge in [-0.3, -0.25) is 9.63 Å². The van der Waals surface area contributed by atoms with Crippen LogP contribution in [0.15, 0.2) is 0 Å². The maximum absolute atomic E-state index is 11.6. The van der Waals surface area contributed by atoms with Gasteiger partial charge in [0.05, 0.1) is 12.9 Å². The summed E-state index contributed by atoms with van der Waals surface area (Å²) in [5, 5.41) is 1.60. The van der Waals surface area contributed by atoms with Gasteiger partial charge in [-0.1, -0.05) is 33.9 Å². The molecule has 0 bridgehead atoms. The first-order chi connectivity index (χ1) is 6.62. The van der Waals surface area contributed by atoms with Gasteiger partial charge in [0, 0.05) is 7.05 Å². The number of rotatable bonds is 4. The Hall–Kier alpha value is -0.00312. The quantitative estimate of drug-likeness (QED) is 0.567. The van der Waals surface area contributed by atoms with Gasteiger partial charge < -0.3 is 0 Å². The number of carbonyl (C=O) groups excluding carboxylic acids is 1. The van der Waals surface area contributed by atoms with Crippen molar-refractivity contribution in [1.82, 2.24) is 5.06 Å². The molecule has 0 atom stereocenters. The molecule has 5 heteroatoms. The summed E-state index contributed by atoms with van der Waals surface area (Å²) in [6, 6.07) is 0. The summed E-state index contributed by atoms with van der Waals surface area (Å²) in [6.07, 6.45) is 0. The number of hydroxylamine groups is 2. The van der Waals surface area contributed by atoms with E-state index in [2.05, 4.69) is 33.9 Å². The fourth-order valence-corrected chi connectivity index (χ4v) is 4.50. The molecule has 0 saturated heterocycles. The number of hydrogen-bond acceptors (Lipinski definition) is 3. The third-order valence-electron chi connectivity index (χ3n) is 2.99. The van der Waals surface area contributed by atoms with Crippen LogP contribution in [0.4, 0.5) is 0 Å². The molecule has 0 rings (SSSR count). The second-order valence-electron chi connectivity index (χ2n) is 5.12. The van der Waals surface area contributed by atoms with Crippen LogP contribution < -0.4 is 0 Å². The molecule has 0 unspecified atom stereocenters. The molecular weight excluding hydrogens is 226 g/mol. The second kappa shape index (κ2) is 5.36. The van der Waals surface area contributed by atoms with Gasteiger partial charge in [-0.05, 0) is 5.04 Å². The van der Waals surface area contributed by atoms with Crippen molar-refractivity contribution in [2.45, 2.75) is 38.9 Å². The number of carbonyl (C=O) groups is 1. The van der Waals surface area contributed by atoms with Crippen LogP contribution in [0.5, 0.6) is 0 Å². The molecule has 0 aliphatic rings. The average Bonchev–Trinajstić information content (AvgIpc) is 2.11. The van der Waals surface area contributed by atoms with Crippen molar-refractivity contribution >= 4 is 24.3 Å². The van der Waals surface area contributed by atoms with Crippen molar-refractivity contribution in [1.29, 1.82) is 0 Å². The highest BCUT2D eigenvalue weighted by Crippen LogP contribution is 2.43. The summed E-state index contributed by atoms with van der Waals surface area (Å²) >= 11 is 1.81. The summed E-state index contributed by atoms with van der Waals surface area (Å²) in [5.74, 6) is 0.549. The molecule has 0 aromatic heterocycles. The van der Waals surface area contributed by atoms with Crippen LogP contribution in [0.3, 0.4) is 0 Å². The maximum atomic E-state index is 11.6. The number of nitrogens with zero attached hydrogens (tertiary/aromatic N) is 1. The lowest BCUT2D eigenvalue weighted by atomic mass is 10.2. The van der Waals surface area contributed by atoms with Gasteiger partial charge in [-0.15, -0.1) is 0 Å². The Bertz CT molecular complexity index is 226. The molecule has 0 heterocycles. The first-order valence-electron chi connectivity index (χ1n) is 5.06. The van der Waals surface area contributed by atoms with Crippen LogP contribution in [0.25, 0.3) is 0 Å². The van der Waals surface area contributed by atoms with Gasteiger partial charge in [0.15, 0.2) is 0 Å². The van der Waals surface area contributed by atoms with E-state index in [-0.39, 0.29) is 5.91 Å². The van der Waals surface area contributed by atoms with E-state index >= 15 is 0 Å². The fourth-order valence-electron chi connectivity index (χ4n) is 0.651. The molecule has 0 aliphatic heterocycles. The van der Waals surface area contributed by atoms with Gasteiger partial charge in [-0.2, -0.15) is 11.2 Å².